The van der Waals surface area contributed by atoms with Crippen molar-refractivity contribution in [3.05, 3.63) is 27.1 Å². The molecule has 1 aliphatic carbocycles. The maximum Gasteiger partial charge on any atom is 0.326 e. The van der Waals surface area contributed by atoms with Crippen LogP contribution >= 0.6 is 11.3 Å². The number of aromatic nitrogens is 2. The van der Waals surface area contributed by atoms with Gasteiger partial charge in [-0.15, -0.1) is 11.3 Å². The first-order chi connectivity index (χ1) is 13.3. The quantitative estimate of drug-likeness (QED) is 0.665. The Hall–Kier alpha value is -2.75. The molecule has 2 aromatic rings. The summed E-state index contributed by atoms with van der Waals surface area (Å²) in [5, 5.41) is 3.28. The summed E-state index contributed by atoms with van der Waals surface area (Å²) in [6.45, 7) is 2.83. The molecule has 0 radical (unpaired) electrons. The first-order valence-electron chi connectivity index (χ1n) is 8.90. The number of hydrogen-bond donors (Lipinski definition) is 1. The summed E-state index contributed by atoms with van der Waals surface area (Å²) in [6, 6.07) is 0.216. The lowest BCUT2D eigenvalue weighted by Gasteiger charge is -2.16. The highest BCUT2D eigenvalue weighted by Gasteiger charge is 2.24. The number of amides is 2. The molecule has 1 fully saturated rings. The normalized spacial score (nSPS) is 13.4. The SMILES string of the molecule is Cc1sc2ncn(CC(=O)OCC(=O)N(C)CC(=O)NC3CC3)c(=O)c2c1C. The first-order valence-corrected chi connectivity index (χ1v) is 9.72. The van der Waals surface area contributed by atoms with E-state index in [1.165, 1.54) is 34.2 Å². The fraction of sp³-hybridized carbons (Fsp3) is 0.500. The summed E-state index contributed by atoms with van der Waals surface area (Å²) in [6.07, 6.45) is 3.23. The van der Waals surface area contributed by atoms with E-state index in [2.05, 4.69) is 10.3 Å². The lowest BCUT2D eigenvalue weighted by Crippen LogP contribution is -2.41. The van der Waals surface area contributed by atoms with E-state index < -0.39 is 18.5 Å². The minimum Gasteiger partial charge on any atom is -0.454 e. The molecule has 2 heterocycles. The van der Waals surface area contributed by atoms with Gasteiger partial charge in [0.05, 0.1) is 18.3 Å². The Bertz CT molecular complexity index is 992. The van der Waals surface area contributed by atoms with Crippen LogP contribution in [0.15, 0.2) is 11.1 Å². The molecule has 28 heavy (non-hydrogen) atoms. The van der Waals surface area contributed by atoms with Crippen LogP contribution in [0.25, 0.3) is 10.2 Å². The number of nitrogens with zero attached hydrogens (tertiary/aromatic N) is 3. The summed E-state index contributed by atoms with van der Waals surface area (Å²) in [5.74, 6) is -1.46. The zero-order chi connectivity index (χ0) is 20.4. The van der Waals surface area contributed by atoms with Gasteiger partial charge in [-0.3, -0.25) is 23.7 Å². The number of fused-ring (bicyclic) bond motifs is 1. The molecule has 3 rings (SSSR count). The van der Waals surface area contributed by atoms with Gasteiger partial charge in [0.2, 0.25) is 5.91 Å². The summed E-state index contributed by atoms with van der Waals surface area (Å²) in [7, 11) is 1.46. The van der Waals surface area contributed by atoms with E-state index in [4.69, 9.17) is 4.74 Å². The Morgan fingerprint density at radius 1 is 1.36 bits per heavy atom. The molecule has 1 saturated carbocycles. The lowest BCUT2D eigenvalue weighted by molar-refractivity contribution is -0.152. The lowest BCUT2D eigenvalue weighted by atomic mass is 10.2. The van der Waals surface area contributed by atoms with Gasteiger partial charge in [-0.2, -0.15) is 0 Å². The van der Waals surface area contributed by atoms with E-state index >= 15 is 0 Å². The molecule has 9 nitrogen and oxygen atoms in total. The molecule has 10 heteroatoms. The molecule has 0 atom stereocenters. The molecule has 1 N–H and O–H groups in total. The van der Waals surface area contributed by atoms with Crippen molar-refractivity contribution in [1.29, 1.82) is 0 Å². The number of hydrogen-bond acceptors (Lipinski definition) is 7. The van der Waals surface area contributed by atoms with Crippen LogP contribution in [-0.4, -0.2) is 58.5 Å². The molecule has 150 valence electrons. The number of ether oxygens (including phenoxy) is 1. The second-order valence-electron chi connectivity index (χ2n) is 6.89. The van der Waals surface area contributed by atoms with E-state index in [0.717, 1.165) is 23.3 Å². The average Bonchev–Trinajstić information content (AvgIpc) is 3.39. The predicted octanol–water partition coefficient (Wildman–Crippen LogP) is 0.355. The van der Waals surface area contributed by atoms with Crippen molar-refractivity contribution in [2.24, 2.45) is 0 Å². The predicted molar refractivity (Wildman–Crippen MR) is 103 cm³/mol. The number of thiophene rings is 1. The highest BCUT2D eigenvalue weighted by molar-refractivity contribution is 7.18. The van der Waals surface area contributed by atoms with Gasteiger partial charge in [0.25, 0.3) is 11.5 Å². The highest BCUT2D eigenvalue weighted by Crippen LogP contribution is 2.25. The Balaban J connectivity index is 1.54. The molecule has 0 aliphatic heterocycles. The Morgan fingerprint density at radius 2 is 2.07 bits per heavy atom. The molecule has 0 saturated heterocycles. The van der Waals surface area contributed by atoms with Gasteiger partial charge in [-0.1, -0.05) is 0 Å². The third kappa shape index (κ3) is 4.56. The smallest absolute Gasteiger partial charge is 0.326 e. The molecular formula is C18H22N4O5S. The number of carbonyl (C=O) groups is 3. The van der Waals surface area contributed by atoms with Crippen molar-refractivity contribution in [3.8, 4) is 0 Å². The third-order valence-electron chi connectivity index (χ3n) is 4.56. The number of rotatable bonds is 7. The van der Waals surface area contributed by atoms with Crippen LogP contribution in [-0.2, 0) is 25.7 Å². The van der Waals surface area contributed by atoms with E-state index in [1.54, 1.807) is 0 Å². The molecule has 2 aromatic heterocycles. The number of aryl methyl sites for hydroxylation is 2. The van der Waals surface area contributed by atoms with Crippen molar-refractivity contribution in [3.63, 3.8) is 0 Å². The highest BCUT2D eigenvalue weighted by atomic mass is 32.1. The maximum atomic E-state index is 12.6. The topological polar surface area (TPSA) is 111 Å². The maximum absolute atomic E-state index is 12.6. The minimum absolute atomic E-state index is 0.0935. The third-order valence-corrected chi connectivity index (χ3v) is 5.68. The van der Waals surface area contributed by atoms with Gasteiger partial charge in [0.1, 0.15) is 11.4 Å². The molecule has 0 aromatic carbocycles. The molecule has 1 aliphatic rings. The zero-order valence-corrected chi connectivity index (χ0v) is 16.8. The fourth-order valence-electron chi connectivity index (χ4n) is 2.62. The summed E-state index contributed by atoms with van der Waals surface area (Å²) < 4.78 is 6.13. The monoisotopic (exact) mass is 406 g/mol. The largest absolute Gasteiger partial charge is 0.454 e. The Morgan fingerprint density at radius 3 is 2.75 bits per heavy atom. The van der Waals surface area contributed by atoms with E-state index in [0.29, 0.717) is 10.2 Å². The van der Waals surface area contributed by atoms with E-state index in [1.807, 2.05) is 13.8 Å². The van der Waals surface area contributed by atoms with E-state index in [9.17, 15) is 19.2 Å². The van der Waals surface area contributed by atoms with Crippen molar-refractivity contribution >= 4 is 39.3 Å². The number of likely N-dealkylation sites (N-methyl/N-ethyl adjacent to an activating group) is 1. The zero-order valence-electron chi connectivity index (χ0n) is 16.0. The fourth-order valence-corrected chi connectivity index (χ4v) is 3.61. The number of nitrogens with one attached hydrogen (secondary N) is 1. The van der Waals surface area contributed by atoms with Crippen LogP contribution in [0.5, 0.6) is 0 Å². The van der Waals surface area contributed by atoms with Gasteiger partial charge in [0.15, 0.2) is 6.61 Å². The average molecular weight is 406 g/mol. The van der Waals surface area contributed by atoms with Crippen molar-refractivity contribution < 1.29 is 19.1 Å². The summed E-state index contributed by atoms with van der Waals surface area (Å²) in [5.41, 5.74) is 0.533. The molecule has 2 amide bonds. The minimum atomic E-state index is -0.725. The summed E-state index contributed by atoms with van der Waals surface area (Å²) >= 11 is 1.43. The van der Waals surface area contributed by atoms with Gasteiger partial charge in [0, 0.05) is 18.0 Å². The van der Waals surface area contributed by atoms with Crippen LogP contribution in [0, 0.1) is 13.8 Å². The van der Waals surface area contributed by atoms with Gasteiger partial charge >= 0.3 is 5.97 Å². The van der Waals surface area contributed by atoms with Crippen LogP contribution in [0.1, 0.15) is 23.3 Å². The number of carbonyl (C=O) groups excluding carboxylic acids is 3. The second-order valence-corrected chi connectivity index (χ2v) is 8.10. The molecule has 0 unspecified atom stereocenters. The molecular weight excluding hydrogens is 384 g/mol. The van der Waals surface area contributed by atoms with Gasteiger partial charge in [-0.25, -0.2) is 4.98 Å². The van der Waals surface area contributed by atoms with Gasteiger partial charge in [-0.05, 0) is 32.3 Å². The van der Waals surface area contributed by atoms with Crippen LogP contribution in [0.2, 0.25) is 0 Å². The van der Waals surface area contributed by atoms with Crippen molar-refractivity contribution in [2.45, 2.75) is 39.3 Å². The number of esters is 1. The van der Waals surface area contributed by atoms with Crippen LogP contribution in [0.3, 0.4) is 0 Å². The van der Waals surface area contributed by atoms with Crippen molar-refractivity contribution in [1.82, 2.24) is 19.8 Å². The first kappa shape index (κ1) is 20.0. The van der Waals surface area contributed by atoms with Crippen molar-refractivity contribution in [2.75, 3.05) is 20.2 Å². The second kappa shape index (κ2) is 8.09. The van der Waals surface area contributed by atoms with Crippen LogP contribution < -0.4 is 10.9 Å². The molecule has 0 bridgehead atoms. The standard InChI is InChI=1S/C18H22N4O5S/c1-10-11(2)28-17-16(10)18(26)22(9-19-17)7-15(25)27-8-14(24)21(3)6-13(23)20-12-4-5-12/h9,12H,4-8H2,1-3H3,(H,20,23). The Kier molecular flexibility index (Phi) is 5.78. The van der Waals surface area contributed by atoms with Gasteiger partial charge < -0.3 is 15.0 Å². The van der Waals surface area contributed by atoms with Crippen LogP contribution in [0.4, 0.5) is 0 Å². The van der Waals surface area contributed by atoms with E-state index in [-0.39, 0.29) is 30.6 Å². The Labute approximate surface area is 165 Å². The molecule has 0 spiro atoms. The summed E-state index contributed by atoms with van der Waals surface area (Å²) in [4.78, 5) is 55.4.